The van der Waals surface area contributed by atoms with Crippen LogP contribution in [0, 0.1) is 0 Å². The largest absolute Gasteiger partial charge is 0.409 e. The third-order valence-electron chi connectivity index (χ3n) is 2.41. The van der Waals surface area contributed by atoms with Gasteiger partial charge in [0.25, 0.3) is 0 Å². The molecule has 0 radical (unpaired) electrons. The lowest BCUT2D eigenvalue weighted by molar-refractivity contribution is 0.293. The molecule has 6 nitrogen and oxygen atoms in total. The molecule has 0 bridgehead atoms. The van der Waals surface area contributed by atoms with E-state index >= 15 is 0 Å². The Balaban J connectivity index is 2.23. The number of rotatable bonds is 7. The summed E-state index contributed by atoms with van der Waals surface area (Å²) in [6.07, 6.45) is 6.54. The van der Waals surface area contributed by atoms with Gasteiger partial charge in [0.2, 0.25) is 0 Å². The first-order chi connectivity index (χ1) is 7.76. The van der Waals surface area contributed by atoms with Gasteiger partial charge in [-0.15, -0.1) is 0 Å². The Morgan fingerprint density at radius 3 is 3.00 bits per heavy atom. The number of nitrogens with zero attached hydrogens (tertiary/aromatic N) is 4. The number of aromatic nitrogens is 2. The van der Waals surface area contributed by atoms with Crippen LogP contribution in [0.25, 0.3) is 0 Å². The van der Waals surface area contributed by atoms with Gasteiger partial charge in [0, 0.05) is 25.5 Å². The maximum Gasteiger partial charge on any atom is 0.153 e. The maximum atomic E-state index is 8.48. The molecule has 0 spiro atoms. The molecule has 0 fully saturated rings. The first kappa shape index (κ1) is 12.5. The molecule has 1 rings (SSSR count). The first-order valence-electron chi connectivity index (χ1n) is 5.40. The van der Waals surface area contributed by atoms with Gasteiger partial charge < -0.3 is 15.5 Å². The highest BCUT2D eigenvalue weighted by molar-refractivity contribution is 5.81. The zero-order chi connectivity index (χ0) is 11.8. The predicted octanol–water partition coefficient (Wildman–Crippen LogP) is 0.341. The Hall–Kier alpha value is -1.56. The summed E-state index contributed by atoms with van der Waals surface area (Å²) in [6, 6.07) is 0. The van der Waals surface area contributed by atoms with E-state index < -0.39 is 0 Å². The Bertz CT molecular complexity index is 309. The van der Waals surface area contributed by atoms with Crippen LogP contribution in [-0.2, 0) is 6.54 Å². The van der Waals surface area contributed by atoms with Gasteiger partial charge in [-0.1, -0.05) is 12.1 Å². The van der Waals surface area contributed by atoms with E-state index in [9.17, 15) is 0 Å². The fourth-order valence-electron chi connectivity index (χ4n) is 1.51. The molecule has 0 aromatic carbocycles. The molecule has 1 heterocycles. The second kappa shape index (κ2) is 6.84. The highest BCUT2D eigenvalue weighted by Crippen LogP contribution is 1.95. The fourth-order valence-corrected chi connectivity index (χ4v) is 1.51. The van der Waals surface area contributed by atoms with E-state index in [1.165, 1.54) is 0 Å². The van der Waals surface area contributed by atoms with Crippen LogP contribution >= 0.6 is 0 Å². The Morgan fingerprint density at radius 1 is 1.62 bits per heavy atom. The molecule has 0 amide bonds. The lowest BCUT2D eigenvalue weighted by Gasteiger charge is -2.19. The van der Waals surface area contributed by atoms with Gasteiger partial charge in [-0.05, 0) is 13.0 Å². The minimum absolute atomic E-state index is 0.254. The summed E-state index contributed by atoms with van der Waals surface area (Å²) in [7, 11) is 0. The molecule has 90 valence electrons. The molecule has 3 N–H and O–H groups in total. The van der Waals surface area contributed by atoms with E-state index in [2.05, 4.69) is 22.0 Å². The molecular weight excluding hydrogens is 206 g/mol. The number of nitrogens with two attached hydrogens (primary N) is 1. The fraction of sp³-hybridized carbons (Fsp3) is 0.600. The summed E-state index contributed by atoms with van der Waals surface area (Å²) in [4.78, 5) is 6.11. The monoisotopic (exact) mass is 225 g/mol. The topological polar surface area (TPSA) is 79.7 Å². The minimum atomic E-state index is 0.254. The minimum Gasteiger partial charge on any atom is -0.409 e. The Morgan fingerprint density at radius 2 is 2.44 bits per heavy atom. The third kappa shape index (κ3) is 4.31. The summed E-state index contributed by atoms with van der Waals surface area (Å²) in [5.74, 6) is 0.254. The number of oxime groups is 1. The van der Waals surface area contributed by atoms with Gasteiger partial charge in [-0.25, -0.2) is 4.98 Å². The van der Waals surface area contributed by atoms with Crippen molar-refractivity contribution in [2.75, 3.05) is 19.6 Å². The van der Waals surface area contributed by atoms with E-state index in [0.29, 0.717) is 6.54 Å². The standard InChI is InChI=1S/C10H19N5O/c1-2-14(8-10(11)13-16)5-3-6-15-7-4-12-9-15/h4,7,9,16H,2-3,5-6,8H2,1H3,(H2,11,13). The van der Waals surface area contributed by atoms with E-state index in [0.717, 1.165) is 26.1 Å². The van der Waals surface area contributed by atoms with Crippen LogP contribution in [0.2, 0.25) is 0 Å². The Labute approximate surface area is 95.4 Å². The molecule has 1 aromatic rings. The van der Waals surface area contributed by atoms with Crippen molar-refractivity contribution < 1.29 is 5.21 Å². The van der Waals surface area contributed by atoms with Gasteiger partial charge in [0.15, 0.2) is 5.84 Å². The zero-order valence-electron chi connectivity index (χ0n) is 9.58. The smallest absolute Gasteiger partial charge is 0.153 e. The van der Waals surface area contributed by atoms with Crippen LogP contribution in [0.1, 0.15) is 13.3 Å². The third-order valence-corrected chi connectivity index (χ3v) is 2.41. The van der Waals surface area contributed by atoms with Crippen molar-refractivity contribution in [2.24, 2.45) is 10.9 Å². The first-order valence-corrected chi connectivity index (χ1v) is 5.40. The molecule has 0 aliphatic heterocycles. The summed E-state index contributed by atoms with van der Waals surface area (Å²) in [5, 5.41) is 11.5. The number of hydrogen-bond acceptors (Lipinski definition) is 4. The lowest BCUT2D eigenvalue weighted by atomic mass is 10.3. The highest BCUT2D eigenvalue weighted by Gasteiger charge is 2.04. The van der Waals surface area contributed by atoms with Crippen molar-refractivity contribution in [1.82, 2.24) is 14.5 Å². The summed E-state index contributed by atoms with van der Waals surface area (Å²) in [5.41, 5.74) is 5.46. The number of aryl methyl sites for hydroxylation is 1. The van der Waals surface area contributed by atoms with Crippen LogP contribution in [-0.4, -0.2) is 45.1 Å². The molecule has 0 unspecified atom stereocenters. The molecule has 6 heteroatoms. The molecular formula is C10H19N5O. The number of likely N-dealkylation sites (N-methyl/N-ethyl adjacent to an activating group) is 1. The number of imidazole rings is 1. The van der Waals surface area contributed by atoms with Crippen molar-refractivity contribution in [2.45, 2.75) is 19.9 Å². The van der Waals surface area contributed by atoms with Crippen molar-refractivity contribution >= 4 is 5.84 Å². The van der Waals surface area contributed by atoms with Crippen molar-refractivity contribution in [3.8, 4) is 0 Å². The SMILES string of the molecule is CCN(CCCn1ccnc1)CC(N)=NO. The Kier molecular flexibility index (Phi) is 5.35. The zero-order valence-corrected chi connectivity index (χ0v) is 9.58. The molecule has 16 heavy (non-hydrogen) atoms. The number of hydrogen-bond donors (Lipinski definition) is 2. The summed E-state index contributed by atoms with van der Waals surface area (Å²) >= 11 is 0. The van der Waals surface area contributed by atoms with Crippen LogP contribution in [0.4, 0.5) is 0 Å². The van der Waals surface area contributed by atoms with Gasteiger partial charge in [-0.3, -0.25) is 4.90 Å². The van der Waals surface area contributed by atoms with Crippen molar-refractivity contribution in [1.29, 1.82) is 0 Å². The van der Waals surface area contributed by atoms with Crippen molar-refractivity contribution in [3.63, 3.8) is 0 Å². The quantitative estimate of drug-likeness (QED) is 0.303. The molecule has 0 saturated heterocycles. The average molecular weight is 225 g/mol. The maximum absolute atomic E-state index is 8.48. The highest BCUT2D eigenvalue weighted by atomic mass is 16.4. The van der Waals surface area contributed by atoms with Gasteiger partial charge in [0.05, 0.1) is 12.9 Å². The van der Waals surface area contributed by atoms with Crippen LogP contribution in [0.5, 0.6) is 0 Å². The second-order valence-electron chi connectivity index (χ2n) is 3.61. The van der Waals surface area contributed by atoms with E-state index in [4.69, 9.17) is 10.9 Å². The normalized spacial score (nSPS) is 12.2. The van der Waals surface area contributed by atoms with E-state index in [1.54, 1.807) is 12.5 Å². The van der Waals surface area contributed by atoms with Gasteiger partial charge in [0.1, 0.15) is 0 Å². The molecule has 1 aromatic heterocycles. The predicted molar refractivity (Wildman–Crippen MR) is 62.4 cm³/mol. The van der Waals surface area contributed by atoms with Gasteiger partial charge >= 0.3 is 0 Å². The second-order valence-corrected chi connectivity index (χ2v) is 3.61. The van der Waals surface area contributed by atoms with Crippen LogP contribution in [0.3, 0.4) is 0 Å². The molecule has 0 saturated carbocycles. The van der Waals surface area contributed by atoms with E-state index in [1.807, 2.05) is 10.8 Å². The molecule has 0 aliphatic rings. The van der Waals surface area contributed by atoms with E-state index in [-0.39, 0.29) is 5.84 Å². The average Bonchev–Trinajstić information content (AvgIpc) is 2.80. The number of amidine groups is 1. The van der Waals surface area contributed by atoms with Crippen molar-refractivity contribution in [3.05, 3.63) is 18.7 Å². The van der Waals surface area contributed by atoms with Crippen LogP contribution in [0.15, 0.2) is 23.9 Å². The van der Waals surface area contributed by atoms with Gasteiger partial charge in [-0.2, -0.15) is 0 Å². The molecule has 0 aliphatic carbocycles. The lowest BCUT2D eigenvalue weighted by Crippen LogP contribution is -2.34. The summed E-state index contributed by atoms with van der Waals surface area (Å²) in [6.45, 7) is 5.32. The summed E-state index contributed by atoms with van der Waals surface area (Å²) < 4.78 is 2.04. The molecule has 0 atom stereocenters. The van der Waals surface area contributed by atoms with Crippen LogP contribution < -0.4 is 5.73 Å².